The van der Waals surface area contributed by atoms with Crippen molar-refractivity contribution in [2.75, 3.05) is 13.1 Å². The molecular formula is C15H23NO2S. The molecule has 0 N–H and O–H groups in total. The third kappa shape index (κ3) is 3.80. The number of hydrogen-bond acceptors (Lipinski definition) is 4. The highest BCUT2D eigenvalue weighted by atomic mass is 32.1. The van der Waals surface area contributed by atoms with Crippen molar-refractivity contribution in [1.29, 1.82) is 0 Å². The summed E-state index contributed by atoms with van der Waals surface area (Å²) in [6.07, 6.45) is 1.58. The van der Waals surface area contributed by atoms with E-state index in [1.807, 2.05) is 32.1 Å². The average molecular weight is 281 g/mol. The van der Waals surface area contributed by atoms with Crippen LogP contribution in [-0.2, 0) is 16.0 Å². The number of carbonyl (C=O) groups is 1. The Labute approximate surface area is 119 Å². The molecule has 0 aromatic carbocycles. The second kappa shape index (κ2) is 5.63. The molecular weight excluding hydrogens is 258 g/mol. The molecule has 1 aromatic rings. The fourth-order valence-electron chi connectivity index (χ4n) is 2.49. The molecule has 0 bridgehead atoms. The van der Waals surface area contributed by atoms with Crippen LogP contribution in [0, 0.1) is 0 Å². The largest absolute Gasteiger partial charge is 0.460 e. The number of hydrogen-bond donors (Lipinski definition) is 0. The van der Waals surface area contributed by atoms with Gasteiger partial charge in [0.1, 0.15) is 5.60 Å². The van der Waals surface area contributed by atoms with Crippen LogP contribution in [0.4, 0.5) is 0 Å². The van der Waals surface area contributed by atoms with Gasteiger partial charge in [-0.2, -0.15) is 0 Å². The Hall–Kier alpha value is -0.870. The molecule has 0 aliphatic carbocycles. The zero-order valence-corrected chi connectivity index (χ0v) is 13.0. The van der Waals surface area contributed by atoms with Gasteiger partial charge in [-0.25, -0.2) is 0 Å². The molecule has 0 saturated carbocycles. The van der Waals surface area contributed by atoms with Crippen LogP contribution in [0.15, 0.2) is 11.4 Å². The Balaban J connectivity index is 1.86. The zero-order valence-electron chi connectivity index (χ0n) is 12.2. The number of esters is 1. The molecule has 19 heavy (non-hydrogen) atoms. The first kappa shape index (κ1) is 14.5. The Bertz CT molecular complexity index is 447. The first-order valence-electron chi connectivity index (χ1n) is 6.89. The van der Waals surface area contributed by atoms with Gasteiger partial charge in [0.2, 0.25) is 0 Å². The van der Waals surface area contributed by atoms with Gasteiger partial charge in [0.25, 0.3) is 0 Å². The standard InChI is InChI=1S/C15H23NO2S/c1-11-12-7-10-19-13(12)5-8-16(11)9-6-14(17)18-15(2,3)4/h7,10-11H,5-6,8-9H2,1-4H3. The fourth-order valence-corrected chi connectivity index (χ4v) is 3.46. The monoisotopic (exact) mass is 281 g/mol. The van der Waals surface area contributed by atoms with E-state index in [4.69, 9.17) is 4.74 Å². The highest BCUT2D eigenvalue weighted by Crippen LogP contribution is 2.32. The van der Waals surface area contributed by atoms with Gasteiger partial charge in [0, 0.05) is 24.0 Å². The molecule has 2 heterocycles. The summed E-state index contributed by atoms with van der Waals surface area (Å²) >= 11 is 1.85. The van der Waals surface area contributed by atoms with E-state index < -0.39 is 0 Å². The second-order valence-electron chi connectivity index (χ2n) is 6.10. The molecule has 0 fully saturated rings. The van der Waals surface area contributed by atoms with Gasteiger partial charge >= 0.3 is 5.97 Å². The minimum Gasteiger partial charge on any atom is -0.460 e. The Kier molecular flexibility index (Phi) is 4.31. The normalized spacial score (nSPS) is 20.1. The summed E-state index contributed by atoms with van der Waals surface area (Å²) in [4.78, 5) is 15.6. The maximum Gasteiger partial charge on any atom is 0.307 e. The molecule has 0 amide bonds. The molecule has 1 aliphatic heterocycles. The molecule has 1 aliphatic rings. The lowest BCUT2D eigenvalue weighted by atomic mass is 10.0. The van der Waals surface area contributed by atoms with Crippen molar-refractivity contribution < 1.29 is 9.53 Å². The van der Waals surface area contributed by atoms with Crippen molar-refractivity contribution in [2.24, 2.45) is 0 Å². The minimum atomic E-state index is -0.384. The van der Waals surface area contributed by atoms with Gasteiger partial charge < -0.3 is 4.74 Å². The predicted octanol–water partition coefficient (Wildman–Crippen LogP) is 3.40. The number of ether oxygens (including phenoxy) is 1. The van der Waals surface area contributed by atoms with Crippen LogP contribution in [0.3, 0.4) is 0 Å². The van der Waals surface area contributed by atoms with E-state index in [0.717, 1.165) is 19.5 Å². The van der Waals surface area contributed by atoms with Crippen molar-refractivity contribution in [2.45, 2.75) is 52.2 Å². The summed E-state index contributed by atoms with van der Waals surface area (Å²) in [6.45, 7) is 9.77. The van der Waals surface area contributed by atoms with E-state index in [-0.39, 0.29) is 11.6 Å². The second-order valence-corrected chi connectivity index (χ2v) is 7.10. The molecule has 1 unspecified atom stereocenters. The van der Waals surface area contributed by atoms with Crippen LogP contribution in [0.25, 0.3) is 0 Å². The highest BCUT2D eigenvalue weighted by molar-refractivity contribution is 7.10. The van der Waals surface area contributed by atoms with E-state index in [1.165, 1.54) is 10.4 Å². The summed E-state index contributed by atoms with van der Waals surface area (Å²) in [5.41, 5.74) is 1.05. The first-order chi connectivity index (χ1) is 8.87. The number of fused-ring (bicyclic) bond motifs is 1. The molecule has 0 saturated heterocycles. The van der Waals surface area contributed by atoms with Crippen molar-refractivity contribution in [1.82, 2.24) is 4.90 Å². The summed E-state index contributed by atoms with van der Waals surface area (Å²) in [5.74, 6) is -0.101. The molecule has 0 radical (unpaired) electrons. The van der Waals surface area contributed by atoms with Crippen LogP contribution < -0.4 is 0 Å². The number of rotatable bonds is 3. The minimum absolute atomic E-state index is 0.101. The summed E-state index contributed by atoms with van der Waals surface area (Å²) < 4.78 is 5.35. The number of nitrogens with zero attached hydrogens (tertiary/aromatic N) is 1. The fraction of sp³-hybridized carbons (Fsp3) is 0.667. The van der Waals surface area contributed by atoms with Crippen LogP contribution in [0.2, 0.25) is 0 Å². The topological polar surface area (TPSA) is 29.5 Å². The highest BCUT2D eigenvalue weighted by Gasteiger charge is 2.25. The third-order valence-corrected chi connectivity index (χ3v) is 4.42. The Morgan fingerprint density at radius 2 is 2.26 bits per heavy atom. The number of thiophene rings is 1. The zero-order chi connectivity index (χ0) is 14.0. The lowest BCUT2D eigenvalue weighted by molar-refractivity contribution is -0.155. The predicted molar refractivity (Wildman–Crippen MR) is 78.5 cm³/mol. The lowest BCUT2D eigenvalue weighted by Gasteiger charge is -2.33. The van der Waals surface area contributed by atoms with Crippen molar-refractivity contribution in [3.63, 3.8) is 0 Å². The van der Waals surface area contributed by atoms with Gasteiger partial charge in [-0.1, -0.05) is 0 Å². The van der Waals surface area contributed by atoms with E-state index in [1.54, 1.807) is 0 Å². The molecule has 1 atom stereocenters. The molecule has 0 spiro atoms. The maximum atomic E-state index is 11.8. The Morgan fingerprint density at radius 1 is 1.53 bits per heavy atom. The Morgan fingerprint density at radius 3 is 2.95 bits per heavy atom. The van der Waals surface area contributed by atoms with E-state index in [9.17, 15) is 4.79 Å². The lowest BCUT2D eigenvalue weighted by Crippen LogP contribution is -2.35. The SMILES string of the molecule is CC1c2ccsc2CCN1CCC(=O)OC(C)(C)C. The molecule has 3 nitrogen and oxygen atoms in total. The van der Waals surface area contributed by atoms with Gasteiger partial charge in [0.05, 0.1) is 6.42 Å². The van der Waals surface area contributed by atoms with Crippen molar-refractivity contribution in [3.8, 4) is 0 Å². The van der Waals surface area contributed by atoms with Crippen LogP contribution >= 0.6 is 11.3 Å². The first-order valence-corrected chi connectivity index (χ1v) is 7.77. The van der Waals surface area contributed by atoms with Crippen molar-refractivity contribution in [3.05, 3.63) is 21.9 Å². The van der Waals surface area contributed by atoms with Gasteiger partial charge in [0.15, 0.2) is 0 Å². The van der Waals surface area contributed by atoms with Crippen LogP contribution in [0.1, 0.15) is 50.6 Å². The van der Waals surface area contributed by atoms with Gasteiger partial charge in [-0.05, 0) is 51.1 Å². The summed E-state index contributed by atoms with van der Waals surface area (Å²) in [5, 5.41) is 2.17. The average Bonchev–Trinajstić information content (AvgIpc) is 2.74. The summed E-state index contributed by atoms with van der Waals surface area (Å²) in [6, 6.07) is 2.63. The molecule has 4 heteroatoms. The molecule has 106 valence electrons. The van der Waals surface area contributed by atoms with Crippen molar-refractivity contribution >= 4 is 17.3 Å². The third-order valence-electron chi connectivity index (χ3n) is 3.43. The quantitative estimate of drug-likeness (QED) is 0.795. The van der Waals surface area contributed by atoms with Gasteiger partial charge in [-0.15, -0.1) is 11.3 Å². The molecule has 1 aromatic heterocycles. The molecule has 2 rings (SSSR count). The van der Waals surface area contributed by atoms with Crippen LogP contribution in [-0.4, -0.2) is 29.6 Å². The van der Waals surface area contributed by atoms with E-state index in [0.29, 0.717) is 12.5 Å². The van der Waals surface area contributed by atoms with Gasteiger partial charge in [-0.3, -0.25) is 9.69 Å². The summed E-state index contributed by atoms with van der Waals surface area (Å²) in [7, 11) is 0. The smallest absolute Gasteiger partial charge is 0.307 e. The van der Waals surface area contributed by atoms with Crippen LogP contribution in [0.5, 0.6) is 0 Å². The maximum absolute atomic E-state index is 11.8. The van der Waals surface area contributed by atoms with E-state index in [2.05, 4.69) is 23.3 Å². The van der Waals surface area contributed by atoms with E-state index >= 15 is 0 Å². The number of carbonyl (C=O) groups excluding carboxylic acids is 1.